The van der Waals surface area contributed by atoms with Gasteiger partial charge in [-0.05, 0) is 0 Å². The first-order valence-corrected chi connectivity index (χ1v) is 5.85. The van der Waals surface area contributed by atoms with Crippen LogP contribution in [0.3, 0.4) is 0 Å². The Hall–Kier alpha value is -1.92. The van der Waals surface area contributed by atoms with Gasteiger partial charge in [-0.2, -0.15) is 0 Å². The molecular weight excluding hydrogens is 291 g/mol. The van der Waals surface area contributed by atoms with Gasteiger partial charge in [0.15, 0.2) is 0 Å². The third-order valence-corrected chi connectivity index (χ3v) is 2.91. The first kappa shape index (κ1) is 13.5. The van der Waals surface area contributed by atoms with Gasteiger partial charge in [-0.25, -0.2) is 14.8 Å². The van der Waals surface area contributed by atoms with Crippen molar-refractivity contribution in [1.29, 1.82) is 0 Å². The van der Waals surface area contributed by atoms with Gasteiger partial charge in [0.05, 0.1) is 10.0 Å². The van der Waals surface area contributed by atoms with Crippen LogP contribution < -0.4 is 5.73 Å². The highest BCUT2D eigenvalue weighted by Crippen LogP contribution is 2.24. The number of hydrogen-bond acceptors (Lipinski definition) is 6. The fourth-order valence-corrected chi connectivity index (χ4v) is 1.76. The van der Waals surface area contributed by atoms with Crippen LogP contribution >= 0.6 is 23.2 Å². The van der Waals surface area contributed by atoms with Crippen molar-refractivity contribution < 1.29 is 9.53 Å². The number of aromatic nitrogens is 3. The molecule has 0 radical (unpaired) electrons. The fourth-order valence-electron chi connectivity index (χ4n) is 1.29. The molecule has 0 saturated heterocycles. The summed E-state index contributed by atoms with van der Waals surface area (Å²) in [6.45, 7) is -0.0899. The van der Waals surface area contributed by atoms with Crippen molar-refractivity contribution in [2.75, 3.05) is 5.73 Å². The van der Waals surface area contributed by atoms with Crippen molar-refractivity contribution in [3.05, 3.63) is 46.1 Å². The lowest BCUT2D eigenvalue weighted by Crippen LogP contribution is -2.10. The summed E-state index contributed by atoms with van der Waals surface area (Å²) >= 11 is 11.8. The number of nitrogens with two attached hydrogens (primary N) is 1. The summed E-state index contributed by atoms with van der Waals surface area (Å²) in [5.41, 5.74) is 6.10. The molecule has 98 valence electrons. The minimum atomic E-state index is -0.651. The highest BCUT2D eigenvalue weighted by molar-refractivity contribution is 6.35. The Morgan fingerprint density at radius 3 is 2.53 bits per heavy atom. The molecule has 2 aromatic heterocycles. The van der Waals surface area contributed by atoms with Gasteiger partial charge < -0.3 is 10.5 Å². The summed E-state index contributed by atoms with van der Waals surface area (Å²) in [4.78, 5) is 23.0. The lowest BCUT2D eigenvalue weighted by Gasteiger charge is -2.08. The molecule has 0 aromatic carbocycles. The third kappa shape index (κ3) is 3.10. The number of hydrogen-bond donors (Lipinski definition) is 1. The van der Waals surface area contributed by atoms with Gasteiger partial charge in [-0.15, -0.1) is 0 Å². The molecule has 8 heteroatoms. The van der Waals surface area contributed by atoms with Gasteiger partial charge in [-0.3, -0.25) is 4.98 Å². The molecule has 0 unspecified atom stereocenters. The summed E-state index contributed by atoms with van der Waals surface area (Å²) in [5, 5.41) is 0.634. The van der Waals surface area contributed by atoms with E-state index in [1.54, 1.807) is 0 Å². The van der Waals surface area contributed by atoms with Crippen LogP contribution in [0.1, 0.15) is 15.9 Å². The average Bonchev–Trinajstić information content (AvgIpc) is 2.38. The van der Waals surface area contributed by atoms with E-state index in [9.17, 15) is 4.79 Å². The number of nitrogen functional groups attached to an aromatic ring is 1. The van der Waals surface area contributed by atoms with Crippen molar-refractivity contribution in [2.24, 2.45) is 0 Å². The number of halogens is 2. The number of pyridine rings is 1. The van der Waals surface area contributed by atoms with E-state index in [4.69, 9.17) is 33.7 Å². The summed E-state index contributed by atoms with van der Waals surface area (Å²) in [6.07, 6.45) is 5.34. The molecule has 2 heterocycles. The van der Waals surface area contributed by atoms with Crippen LogP contribution in [0.4, 0.5) is 5.82 Å². The Morgan fingerprint density at radius 2 is 1.89 bits per heavy atom. The molecule has 0 spiro atoms. The lowest BCUT2D eigenvalue weighted by atomic mass is 10.3. The Bertz CT molecular complexity index is 601. The summed E-state index contributed by atoms with van der Waals surface area (Å²) < 4.78 is 5.06. The second kappa shape index (κ2) is 5.81. The van der Waals surface area contributed by atoms with Crippen molar-refractivity contribution >= 4 is 35.0 Å². The molecule has 0 bridgehead atoms. The maximum Gasteiger partial charge on any atom is 0.343 e. The molecule has 19 heavy (non-hydrogen) atoms. The second-order valence-corrected chi connectivity index (χ2v) is 4.29. The molecule has 0 aliphatic heterocycles. The molecule has 0 amide bonds. The fraction of sp³-hybridized carbons (Fsp3) is 0.0909. The van der Waals surface area contributed by atoms with Crippen molar-refractivity contribution in [1.82, 2.24) is 15.0 Å². The maximum absolute atomic E-state index is 11.8. The average molecular weight is 299 g/mol. The van der Waals surface area contributed by atoms with Crippen LogP contribution in [-0.2, 0) is 11.3 Å². The number of nitrogens with zero attached hydrogens (tertiary/aromatic N) is 3. The number of carbonyl (C=O) groups is 1. The zero-order valence-electron chi connectivity index (χ0n) is 9.51. The second-order valence-electron chi connectivity index (χ2n) is 3.48. The number of carbonyl (C=O) groups excluding carboxylic acids is 1. The lowest BCUT2D eigenvalue weighted by molar-refractivity contribution is 0.0473. The zero-order chi connectivity index (χ0) is 13.8. The Kier molecular flexibility index (Phi) is 4.13. The third-order valence-electron chi connectivity index (χ3n) is 2.26. The maximum atomic E-state index is 11.8. The van der Waals surface area contributed by atoms with Crippen molar-refractivity contribution in [2.45, 2.75) is 6.61 Å². The van der Waals surface area contributed by atoms with Crippen LogP contribution in [0.15, 0.2) is 24.9 Å². The quantitative estimate of drug-likeness (QED) is 0.873. The van der Waals surface area contributed by atoms with E-state index in [0.717, 1.165) is 0 Å². The highest BCUT2D eigenvalue weighted by Gasteiger charge is 2.14. The standard InChI is InChI=1S/C11H8Cl2N4O2/c12-8-2-15-3-9(13)7(8)4-19-11(18)6-1-16-5-17-10(6)14/h1-3,5H,4H2,(H2,14,16,17). The largest absolute Gasteiger partial charge is 0.457 e. The molecule has 2 N–H and O–H groups in total. The van der Waals surface area contributed by atoms with Gasteiger partial charge in [0, 0.05) is 24.2 Å². The van der Waals surface area contributed by atoms with E-state index in [1.807, 2.05) is 0 Å². The Balaban J connectivity index is 2.11. The SMILES string of the molecule is Nc1ncncc1C(=O)OCc1c(Cl)cncc1Cl. The van der Waals surface area contributed by atoms with E-state index in [2.05, 4.69) is 15.0 Å². The molecule has 0 aliphatic rings. The van der Waals surface area contributed by atoms with E-state index in [0.29, 0.717) is 15.6 Å². The van der Waals surface area contributed by atoms with E-state index in [-0.39, 0.29) is 18.0 Å². The van der Waals surface area contributed by atoms with Gasteiger partial charge in [0.25, 0.3) is 0 Å². The van der Waals surface area contributed by atoms with E-state index >= 15 is 0 Å². The van der Waals surface area contributed by atoms with E-state index < -0.39 is 5.97 Å². The first-order valence-electron chi connectivity index (χ1n) is 5.10. The minimum Gasteiger partial charge on any atom is -0.457 e. The molecule has 0 aliphatic carbocycles. The van der Waals surface area contributed by atoms with Crippen molar-refractivity contribution in [3.63, 3.8) is 0 Å². The van der Waals surface area contributed by atoms with Crippen LogP contribution in [0.25, 0.3) is 0 Å². The summed E-state index contributed by atoms with van der Waals surface area (Å²) in [7, 11) is 0. The van der Waals surface area contributed by atoms with Gasteiger partial charge in [0.2, 0.25) is 0 Å². The molecule has 2 rings (SSSR count). The number of esters is 1. The molecule has 0 saturated carbocycles. The monoisotopic (exact) mass is 298 g/mol. The Morgan fingerprint density at radius 1 is 1.21 bits per heavy atom. The topological polar surface area (TPSA) is 91.0 Å². The van der Waals surface area contributed by atoms with Crippen LogP contribution in [-0.4, -0.2) is 20.9 Å². The summed E-state index contributed by atoms with van der Waals surface area (Å²) in [6, 6.07) is 0. The minimum absolute atomic E-state index is 0.0481. The van der Waals surface area contributed by atoms with E-state index in [1.165, 1.54) is 24.9 Å². The smallest absolute Gasteiger partial charge is 0.343 e. The molecule has 0 fully saturated rings. The predicted molar refractivity (Wildman–Crippen MR) is 69.8 cm³/mol. The molecule has 2 aromatic rings. The molecule has 6 nitrogen and oxygen atoms in total. The first-order chi connectivity index (χ1) is 9.09. The van der Waals surface area contributed by atoms with Gasteiger partial charge in [0.1, 0.15) is 24.3 Å². The molecule has 0 atom stereocenters. The highest BCUT2D eigenvalue weighted by atomic mass is 35.5. The van der Waals surface area contributed by atoms with Crippen LogP contribution in [0.2, 0.25) is 10.0 Å². The van der Waals surface area contributed by atoms with Crippen LogP contribution in [0.5, 0.6) is 0 Å². The number of rotatable bonds is 3. The summed E-state index contributed by atoms with van der Waals surface area (Å²) in [5.74, 6) is -0.603. The van der Waals surface area contributed by atoms with Gasteiger partial charge >= 0.3 is 5.97 Å². The van der Waals surface area contributed by atoms with Gasteiger partial charge in [-0.1, -0.05) is 23.2 Å². The Labute approximate surface area is 118 Å². The number of anilines is 1. The normalized spacial score (nSPS) is 10.2. The van der Waals surface area contributed by atoms with Crippen LogP contribution in [0, 0.1) is 0 Å². The predicted octanol–water partition coefficient (Wildman–Crippen LogP) is 2.12. The number of ether oxygens (including phenoxy) is 1. The zero-order valence-corrected chi connectivity index (χ0v) is 11.0. The van der Waals surface area contributed by atoms with Crippen molar-refractivity contribution in [3.8, 4) is 0 Å². The molecular formula is C11H8Cl2N4O2.